The maximum atomic E-state index is 5.23. The van der Waals surface area contributed by atoms with E-state index in [4.69, 9.17) is 10.6 Å². The molecule has 8 heteroatoms. The van der Waals surface area contributed by atoms with E-state index in [2.05, 4.69) is 32.0 Å². The molecule has 1 heterocycles. The molecule has 0 bridgehead atoms. The molecule has 0 radical (unpaired) electrons. The summed E-state index contributed by atoms with van der Waals surface area (Å²) in [4.78, 5) is 12.0. The van der Waals surface area contributed by atoms with Crippen molar-refractivity contribution in [1.82, 2.24) is 15.0 Å². The molecule has 0 atom stereocenters. The molecule has 90 valence electrons. The van der Waals surface area contributed by atoms with Crippen molar-refractivity contribution in [2.45, 2.75) is 6.42 Å². The van der Waals surface area contributed by atoms with Gasteiger partial charge in [-0.3, -0.25) is 5.43 Å². The Hall–Kier alpha value is -1.28. The van der Waals surface area contributed by atoms with Gasteiger partial charge in [-0.15, -0.1) is 0 Å². The van der Waals surface area contributed by atoms with Crippen LogP contribution in [0.5, 0.6) is 6.01 Å². The van der Waals surface area contributed by atoms with Crippen LogP contribution in [0.15, 0.2) is 0 Å². The fourth-order valence-electron chi connectivity index (χ4n) is 1.01. The molecule has 0 saturated heterocycles. The highest BCUT2D eigenvalue weighted by atomic mass is 32.2. The zero-order chi connectivity index (χ0) is 11.8. The van der Waals surface area contributed by atoms with Gasteiger partial charge in [0, 0.05) is 6.54 Å². The lowest BCUT2D eigenvalue weighted by Gasteiger charge is -2.07. The molecule has 0 aliphatic rings. The Labute approximate surface area is 98.6 Å². The summed E-state index contributed by atoms with van der Waals surface area (Å²) < 4.78 is 4.92. The normalized spacial score (nSPS) is 9.94. The molecule has 1 aromatic rings. The molecule has 0 saturated carbocycles. The molecule has 1 rings (SSSR count). The fraction of sp³-hybridized carbons (Fsp3) is 0.625. The summed E-state index contributed by atoms with van der Waals surface area (Å²) in [6, 6.07) is 0.232. The third kappa shape index (κ3) is 4.07. The van der Waals surface area contributed by atoms with Gasteiger partial charge < -0.3 is 10.1 Å². The number of nitrogens with one attached hydrogen (secondary N) is 2. The van der Waals surface area contributed by atoms with Crippen molar-refractivity contribution in [2.75, 3.05) is 36.4 Å². The van der Waals surface area contributed by atoms with Gasteiger partial charge in [-0.25, -0.2) is 5.84 Å². The van der Waals surface area contributed by atoms with Crippen LogP contribution in [0, 0.1) is 0 Å². The van der Waals surface area contributed by atoms with Gasteiger partial charge in [0.2, 0.25) is 11.9 Å². The van der Waals surface area contributed by atoms with E-state index in [0.717, 1.165) is 18.7 Å². The minimum absolute atomic E-state index is 0.232. The van der Waals surface area contributed by atoms with Crippen LogP contribution >= 0.6 is 11.8 Å². The highest BCUT2D eigenvalue weighted by Crippen LogP contribution is 2.09. The number of aromatic nitrogens is 3. The van der Waals surface area contributed by atoms with E-state index in [9.17, 15) is 0 Å². The SMILES string of the molecule is COc1nc(NN)nc(NCCCSC)n1. The lowest BCUT2D eigenvalue weighted by Crippen LogP contribution is -2.14. The number of nitrogen functional groups attached to an aromatic ring is 1. The molecule has 0 unspecified atom stereocenters. The predicted octanol–water partition coefficient (Wildman–Crippen LogP) is 0.331. The van der Waals surface area contributed by atoms with E-state index in [1.54, 1.807) is 11.8 Å². The van der Waals surface area contributed by atoms with E-state index in [-0.39, 0.29) is 12.0 Å². The second-order valence-electron chi connectivity index (χ2n) is 2.89. The molecule has 0 fully saturated rings. The number of methoxy groups -OCH3 is 1. The quantitative estimate of drug-likeness (QED) is 0.358. The van der Waals surface area contributed by atoms with Crippen LogP contribution < -0.4 is 21.3 Å². The third-order valence-electron chi connectivity index (χ3n) is 1.73. The van der Waals surface area contributed by atoms with Crippen LogP contribution in [0.25, 0.3) is 0 Å². The first-order valence-corrected chi connectivity index (χ1v) is 6.19. The Morgan fingerprint density at radius 2 is 2.06 bits per heavy atom. The molecule has 0 aliphatic heterocycles. The topological polar surface area (TPSA) is 98.0 Å². The third-order valence-corrected chi connectivity index (χ3v) is 2.43. The van der Waals surface area contributed by atoms with Crippen molar-refractivity contribution in [3.8, 4) is 6.01 Å². The smallest absolute Gasteiger partial charge is 0.322 e. The van der Waals surface area contributed by atoms with Crippen molar-refractivity contribution in [3.63, 3.8) is 0 Å². The number of hydrogen-bond donors (Lipinski definition) is 3. The first-order chi connectivity index (χ1) is 7.80. The molecule has 4 N–H and O–H groups in total. The molecule has 1 aromatic heterocycles. The van der Waals surface area contributed by atoms with E-state index in [1.807, 2.05) is 0 Å². The zero-order valence-electron chi connectivity index (χ0n) is 9.36. The van der Waals surface area contributed by atoms with Gasteiger partial charge in [-0.05, 0) is 18.4 Å². The van der Waals surface area contributed by atoms with Crippen LogP contribution in [-0.2, 0) is 0 Å². The molecular formula is C8H16N6OS. The first-order valence-electron chi connectivity index (χ1n) is 4.79. The van der Waals surface area contributed by atoms with Crippen LogP contribution in [0.3, 0.4) is 0 Å². The van der Waals surface area contributed by atoms with Gasteiger partial charge in [0.15, 0.2) is 0 Å². The van der Waals surface area contributed by atoms with Gasteiger partial charge in [-0.2, -0.15) is 26.7 Å². The van der Waals surface area contributed by atoms with Gasteiger partial charge in [0.25, 0.3) is 0 Å². The molecule has 0 aliphatic carbocycles. The number of hydrogen-bond acceptors (Lipinski definition) is 8. The van der Waals surface area contributed by atoms with Gasteiger partial charge in [-0.1, -0.05) is 0 Å². The number of nitrogens with two attached hydrogens (primary N) is 1. The van der Waals surface area contributed by atoms with Crippen molar-refractivity contribution < 1.29 is 4.74 Å². The molecular weight excluding hydrogens is 228 g/mol. The monoisotopic (exact) mass is 244 g/mol. The van der Waals surface area contributed by atoms with Crippen molar-refractivity contribution in [1.29, 1.82) is 0 Å². The van der Waals surface area contributed by atoms with Crippen LogP contribution in [-0.4, -0.2) is 40.6 Å². The zero-order valence-corrected chi connectivity index (χ0v) is 10.2. The Kier molecular flexibility index (Phi) is 5.65. The fourth-order valence-corrected chi connectivity index (χ4v) is 1.44. The molecule has 0 spiro atoms. The second-order valence-corrected chi connectivity index (χ2v) is 3.87. The second kappa shape index (κ2) is 7.07. The first kappa shape index (κ1) is 12.8. The summed E-state index contributed by atoms with van der Waals surface area (Å²) in [5.74, 6) is 7.06. The number of anilines is 2. The average Bonchev–Trinajstić information content (AvgIpc) is 2.34. The standard InChI is InChI=1S/C8H16N6OS/c1-15-8-12-6(10-4-3-5-16-2)11-7(13-8)14-9/h3-5,9H2,1-2H3,(H2,10,11,12,13,14). The Morgan fingerprint density at radius 1 is 1.31 bits per heavy atom. The number of hydrazine groups is 1. The van der Waals surface area contributed by atoms with E-state index in [0.29, 0.717) is 5.95 Å². The van der Waals surface area contributed by atoms with Crippen molar-refractivity contribution in [3.05, 3.63) is 0 Å². The van der Waals surface area contributed by atoms with E-state index < -0.39 is 0 Å². The highest BCUT2D eigenvalue weighted by Gasteiger charge is 2.04. The largest absolute Gasteiger partial charge is 0.467 e. The summed E-state index contributed by atoms with van der Waals surface area (Å²) in [7, 11) is 1.49. The van der Waals surface area contributed by atoms with Gasteiger partial charge in [0.1, 0.15) is 0 Å². The average molecular weight is 244 g/mol. The predicted molar refractivity (Wildman–Crippen MR) is 65.7 cm³/mol. The maximum absolute atomic E-state index is 5.23. The summed E-state index contributed by atoms with van der Waals surface area (Å²) in [6.07, 6.45) is 3.11. The number of thioether (sulfide) groups is 1. The molecule has 7 nitrogen and oxygen atoms in total. The Morgan fingerprint density at radius 3 is 2.69 bits per heavy atom. The number of nitrogens with zero attached hydrogens (tertiary/aromatic N) is 3. The summed E-state index contributed by atoms with van der Waals surface area (Å²) in [5.41, 5.74) is 2.36. The summed E-state index contributed by atoms with van der Waals surface area (Å²) in [5, 5.41) is 3.08. The molecule has 0 amide bonds. The summed E-state index contributed by atoms with van der Waals surface area (Å²) in [6.45, 7) is 0.804. The van der Waals surface area contributed by atoms with Crippen LogP contribution in [0.1, 0.15) is 6.42 Å². The molecule has 0 aromatic carbocycles. The van der Waals surface area contributed by atoms with Crippen molar-refractivity contribution >= 4 is 23.7 Å². The van der Waals surface area contributed by atoms with Gasteiger partial charge >= 0.3 is 6.01 Å². The minimum atomic E-state index is 0.232. The number of ether oxygens (including phenoxy) is 1. The van der Waals surface area contributed by atoms with Gasteiger partial charge in [0.05, 0.1) is 7.11 Å². The van der Waals surface area contributed by atoms with Crippen LogP contribution in [0.4, 0.5) is 11.9 Å². The highest BCUT2D eigenvalue weighted by molar-refractivity contribution is 7.98. The van der Waals surface area contributed by atoms with E-state index in [1.165, 1.54) is 7.11 Å². The Bertz CT molecular complexity index is 301. The Balaban J connectivity index is 2.57. The minimum Gasteiger partial charge on any atom is -0.467 e. The lowest BCUT2D eigenvalue weighted by atomic mass is 10.5. The number of rotatable bonds is 7. The molecule has 16 heavy (non-hydrogen) atoms. The van der Waals surface area contributed by atoms with E-state index >= 15 is 0 Å². The van der Waals surface area contributed by atoms with Crippen LogP contribution in [0.2, 0.25) is 0 Å². The summed E-state index contributed by atoms with van der Waals surface area (Å²) >= 11 is 1.80. The maximum Gasteiger partial charge on any atom is 0.322 e. The van der Waals surface area contributed by atoms with Crippen molar-refractivity contribution in [2.24, 2.45) is 5.84 Å². The lowest BCUT2D eigenvalue weighted by molar-refractivity contribution is 0.379.